The summed E-state index contributed by atoms with van der Waals surface area (Å²) < 4.78 is 38.2. The molecule has 9 nitrogen and oxygen atoms in total. The topological polar surface area (TPSA) is 102 Å². The molecule has 0 bridgehead atoms. The lowest BCUT2D eigenvalue weighted by Gasteiger charge is -2.37. The molecule has 0 saturated heterocycles. The summed E-state index contributed by atoms with van der Waals surface area (Å²) in [6.07, 6.45) is -0.988. The van der Waals surface area contributed by atoms with E-state index in [1.807, 2.05) is 0 Å². The van der Waals surface area contributed by atoms with Gasteiger partial charge in [0.15, 0.2) is 34.9 Å². The van der Waals surface area contributed by atoms with E-state index in [-0.39, 0.29) is 34.6 Å². The second kappa shape index (κ2) is 8.48. The first-order chi connectivity index (χ1) is 14.5. The van der Waals surface area contributed by atoms with Crippen LogP contribution in [0.15, 0.2) is 47.0 Å². The number of fused-ring (bicyclic) bond motifs is 1. The largest absolute Gasteiger partial charge is 0.507 e. The van der Waals surface area contributed by atoms with Gasteiger partial charge in [-0.15, -0.1) is 0 Å². The summed E-state index contributed by atoms with van der Waals surface area (Å²) in [6, 6.07) is 5.05. The van der Waals surface area contributed by atoms with E-state index in [0.717, 1.165) is 0 Å². The first-order valence-electron chi connectivity index (χ1n) is 8.98. The Kier molecular flexibility index (Phi) is 6.00. The highest BCUT2D eigenvalue weighted by Gasteiger charge is 2.51. The lowest BCUT2D eigenvalue weighted by atomic mass is 9.84. The van der Waals surface area contributed by atoms with Crippen LogP contribution in [0.2, 0.25) is 0 Å². The van der Waals surface area contributed by atoms with Gasteiger partial charge in [-0.2, -0.15) is 0 Å². The highest BCUT2D eigenvalue weighted by atomic mass is 16.6. The van der Waals surface area contributed by atoms with Gasteiger partial charge in [0, 0.05) is 5.56 Å². The summed E-state index contributed by atoms with van der Waals surface area (Å²) in [7, 11) is 8.55. The van der Waals surface area contributed by atoms with E-state index in [9.17, 15) is 9.90 Å². The zero-order valence-electron chi connectivity index (χ0n) is 17.6. The summed E-state index contributed by atoms with van der Waals surface area (Å²) in [6.45, 7) is 0. The molecule has 0 saturated carbocycles. The average Bonchev–Trinajstić information content (AvgIpc) is 2.77. The predicted octanol–water partition coefficient (Wildman–Crippen LogP) is 2.54. The Labute approximate surface area is 174 Å². The molecule has 30 heavy (non-hydrogen) atoms. The Bertz CT molecular complexity index is 942. The minimum atomic E-state index is -1.12. The number of methoxy groups -OCH3 is 6. The number of carbonyl (C=O) groups is 1. The van der Waals surface area contributed by atoms with Crippen LogP contribution in [-0.2, 0) is 28.5 Å². The van der Waals surface area contributed by atoms with E-state index in [0.29, 0.717) is 17.1 Å². The van der Waals surface area contributed by atoms with E-state index in [1.165, 1.54) is 42.7 Å². The molecule has 0 amide bonds. The predicted molar refractivity (Wildman–Crippen MR) is 105 cm³/mol. The van der Waals surface area contributed by atoms with Gasteiger partial charge in [0.1, 0.15) is 5.92 Å². The minimum absolute atomic E-state index is 0.00225. The molecular weight excluding hydrogens is 396 g/mol. The number of carbonyl (C=O) groups excluding carboxylic acids is 1. The number of aliphatic hydroxyl groups is 1. The normalized spacial score (nSPS) is 21.1. The van der Waals surface area contributed by atoms with Crippen molar-refractivity contribution in [1.29, 1.82) is 0 Å². The van der Waals surface area contributed by atoms with Gasteiger partial charge >= 0.3 is 0 Å². The number of hydrogen-bond acceptors (Lipinski definition) is 9. The van der Waals surface area contributed by atoms with Crippen LogP contribution in [0.3, 0.4) is 0 Å². The third-order valence-corrected chi connectivity index (χ3v) is 4.95. The third-order valence-electron chi connectivity index (χ3n) is 4.95. The van der Waals surface area contributed by atoms with Crippen molar-refractivity contribution in [2.45, 2.75) is 6.10 Å². The molecule has 162 valence electrons. The Morgan fingerprint density at radius 3 is 1.97 bits per heavy atom. The third kappa shape index (κ3) is 3.16. The average molecular weight is 420 g/mol. The van der Waals surface area contributed by atoms with Crippen molar-refractivity contribution in [3.63, 3.8) is 0 Å². The van der Waals surface area contributed by atoms with Gasteiger partial charge in [-0.3, -0.25) is 4.79 Å². The summed E-state index contributed by atoms with van der Waals surface area (Å²) in [4.78, 5) is 13.3. The summed E-state index contributed by atoms with van der Waals surface area (Å²) in [5.74, 6) is -0.512. The van der Waals surface area contributed by atoms with Gasteiger partial charge in [-0.05, 0) is 18.2 Å². The van der Waals surface area contributed by atoms with Gasteiger partial charge in [-0.1, -0.05) is 0 Å². The van der Waals surface area contributed by atoms with Gasteiger partial charge < -0.3 is 38.3 Å². The molecule has 1 aliphatic carbocycles. The van der Waals surface area contributed by atoms with Crippen molar-refractivity contribution < 1.29 is 43.1 Å². The first-order valence-corrected chi connectivity index (χ1v) is 8.98. The van der Waals surface area contributed by atoms with Crippen LogP contribution < -0.4 is 9.47 Å². The molecule has 0 fully saturated rings. The van der Waals surface area contributed by atoms with Crippen LogP contribution in [0.1, 0.15) is 5.56 Å². The van der Waals surface area contributed by atoms with Gasteiger partial charge in [0.2, 0.25) is 23.1 Å². The molecule has 1 aliphatic heterocycles. The molecule has 1 aromatic rings. The highest BCUT2D eigenvalue weighted by Crippen LogP contribution is 2.45. The Morgan fingerprint density at radius 1 is 0.800 bits per heavy atom. The maximum absolute atomic E-state index is 13.3. The maximum Gasteiger partial charge on any atom is 0.216 e. The fraction of sp³-hybridized carbons (Fsp3) is 0.381. The fourth-order valence-electron chi connectivity index (χ4n) is 3.58. The standard InChI is InChI=1S/C21H24O9/c1-24-11-8-7-10(9-12(11)25-2)16-18(26-3)14(22)13-15(23)19(27-4)21(29-6)20(28-5)17(13)30-16/h7-9,13,17,23H,1-6H3/t13-,17-/m1/s1. The van der Waals surface area contributed by atoms with Crippen molar-refractivity contribution >= 4 is 11.5 Å². The quantitative estimate of drug-likeness (QED) is 0.713. The summed E-state index contributed by atoms with van der Waals surface area (Å²) in [5.41, 5.74) is 0.520. The zero-order valence-corrected chi connectivity index (χ0v) is 17.6. The number of ether oxygens (including phenoxy) is 7. The second-order valence-electron chi connectivity index (χ2n) is 6.33. The Hall–Kier alpha value is -3.49. The van der Waals surface area contributed by atoms with E-state index in [1.54, 1.807) is 18.2 Å². The van der Waals surface area contributed by atoms with Crippen LogP contribution in [0.25, 0.3) is 5.76 Å². The number of rotatable bonds is 7. The number of hydrogen-bond donors (Lipinski definition) is 1. The van der Waals surface area contributed by atoms with Gasteiger partial charge in [0.05, 0.1) is 42.7 Å². The van der Waals surface area contributed by atoms with Gasteiger partial charge in [-0.25, -0.2) is 0 Å². The monoisotopic (exact) mass is 420 g/mol. The number of allylic oxidation sites excluding steroid dienone is 1. The van der Waals surface area contributed by atoms with Crippen molar-refractivity contribution in [2.24, 2.45) is 5.92 Å². The minimum Gasteiger partial charge on any atom is -0.507 e. The zero-order chi connectivity index (χ0) is 22.0. The lowest BCUT2D eigenvalue weighted by Crippen LogP contribution is -2.43. The molecule has 0 spiro atoms. The second-order valence-corrected chi connectivity index (χ2v) is 6.33. The molecule has 9 heteroatoms. The Balaban J connectivity index is 2.19. The fourth-order valence-corrected chi connectivity index (χ4v) is 3.58. The molecule has 3 rings (SSSR count). The number of aliphatic hydroxyl groups excluding tert-OH is 1. The van der Waals surface area contributed by atoms with Crippen molar-refractivity contribution in [2.75, 3.05) is 42.7 Å². The maximum atomic E-state index is 13.3. The van der Waals surface area contributed by atoms with Crippen LogP contribution in [0.4, 0.5) is 0 Å². The molecule has 2 atom stereocenters. The van der Waals surface area contributed by atoms with Crippen molar-refractivity contribution in [1.82, 2.24) is 0 Å². The molecule has 0 radical (unpaired) electrons. The van der Waals surface area contributed by atoms with Crippen LogP contribution in [-0.4, -0.2) is 59.7 Å². The number of Topliss-reactive ketones (excluding diaryl/α,β-unsaturated/α-hetero) is 1. The first kappa shape index (κ1) is 21.2. The molecular formula is C21H24O9. The smallest absolute Gasteiger partial charge is 0.216 e. The van der Waals surface area contributed by atoms with Crippen LogP contribution >= 0.6 is 0 Å². The SMILES string of the molecule is COC1=C(c2ccc(OC)c(OC)c2)O[C@H]2C(OC)=C(OC)C(OC)=C(O)[C@H]2C1=O. The Morgan fingerprint density at radius 2 is 1.43 bits per heavy atom. The van der Waals surface area contributed by atoms with E-state index >= 15 is 0 Å². The lowest BCUT2D eigenvalue weighted by molar-refractivity contribution is -0.128. The van der Waals surface area contributed by atoms with Crippen molar-refractivity contribution in [3.8, 4) is 11.5 Å². The molecule has 0 aromatic heterocycles. The highest BCUT2D eigenvalue weighted by molar-refractivity contribution is 6.04. The van der Waals surface area contributed by atoms with E-state index in [4.69, 9.17) is 33.2 Å². The molecule has 0 unspecified atom stereocenters. The van der Waals surface area contributed by atoms with Crippen molar-refractivity contribution in [3.05, 3.63) is 52.6 Å². The van der Waals surface area contributed by atoms with Crippen LogP contribution in [0, 0.1) is 5.92 Å². The van der Waals surface area contributed by atoms with Crippen LogP contribution in [0.5, 0.6) is 11.5 Å². The number of ketones is 1. The summed E-state index contributed by atoms with van der Waals surface area (Å²) in [5, 5.41) is 10.7. The molecule has 1 N–H and O–H groups in total. The number of benzene rings is 1. The van der Waals surface area contributed by atoms with E-state index < -0.39 is 17.8 Å². The molecule has 1 aromatic carbocycles. The molecule has 2 aliphatic rings. The van der Waals surface area contributed by atoms with E-state index in [2.05, 4.69) is 0 Å². The molecule has 1 heterocycles. The summed E-state index contributed by atoms with van der Waals surface area (Å²) >= 11 is 0. The van der Waals surface area contributed by atoms with Gasteiger partial charge in [0.25, 0.3) is 0 Å².